The van der Waals surface area contributed by atoms with Gasteiger partial charge in [0.25, 0.3) is 11.5 Å². The lowest BCUT2D eigenvalue weighted by atomic mass is 10.0. The molecule has 0 bridgehead atoms. The van der Waals surface area contributed by atoms with Gasteiger partial charge in [-0.2, -0.15) is 0 Å². The number of halogens is 1. The lowest BCUT2D eigenvalue weighted by Crippen LogP contribution is -2.35. The molecule has 10 heteroatoms. The molecule has 2 aliphatic heterocycles. The van der Waals surface area contributed by atoms with E-state index < -0.39 is 0 Å². The van der Waals surface area contributed by atoms with Gasteiger partial charge in [0.05, 0.1) is 30.3 Å². The summed E-state index contributed by atoms with van der Waals surface area (Å²) in [6, 6.07) is 3.83. The van der Waals surface area contributed by atoms with Crippen LogP contribution < -0.4 is 25.1 Å². The molecule has 0 saturated carbocycles. The molecule has 4 unspecified atom stereocenters. The highest BCUT2D eigenvalue weighted by molar-refractivity contribution is 6.32. The second-order valence-corrected chi connectivity index (χ2v) is 11.4. The third-order valence-corrected chi connectivity index (χ3v) is 8.46. The highest BCUT2D eigenvalue weighted by atomic mass is 35.5. The van der Waals surface area contributed by atoms with Gasteiger partial charge in [0.2, 0.25) is 0 Å². The van der Waals surface area contributed by atoms with Gasteiger partial charge in [-0.15, -0.1) is 0 Å². The molecule has 4 rings (SSSR count). The monoisotopic (exact) mass is 575 g/mol. The number of carbonyl (C=O) groups excluding carboxylic acids is 1. The predicted octanol–water partition coefficient (Wildman–Crippen LogP) is 4.64. The van der Waals surface area contributed by atoms with Crippen LogP contribution in [-0.2, 0) is 11.3 Å². The maximum atomic E-state index is 13.2. The molecule has 1 saturated heterocycles. The first-order chi connectivity index (χ1) is 19.2. The number of nitrogens with one attached hydrogen (secondary N) is 2. The summed E-state index contributed by atoms with van der Waals surface area (Å²) in [4.78, 5) is 30.9. The van der Waals surface area contributed by atoms with Crippen molar-refractivity contribution in [3.05, 3.63) is 49.9 Å². The van der Waals surface area contributed by atoms with E-state index in [1.807, 2.05) is 6.92 Å². The Morgan fingerprint density at radius 3 is 2.70 bits per heavy atom. The molecule has 0 radical (unpaired) electrons. The van der Waals surface area contributed by atoms with Gasteiger partial charge in [0.1, 0.15) is 18.5 Å². The van der Waals surface area contributed by atoms with Crippen LogP contribution in [0.5, 0.6) is 17.2 Å². The van der Waals surface area contributed by atoms with Crippen molar-refractivity contribution in [2.24, 2.45) is 5.92 Å². The van der Waals surface area contributed by atoms with E-state index in [4.69, 9.17) is 30.5 Å². The zero-order chi connectivity index (χ0) is 29.0. The summed E-state index contributed by atoms with van der Waals surface area (Å²) < 4.78 is 23.4. The largest absolute Gasteiger partial charge is 0.496 e. The van der Waals surface area contributed by atoms with Gasteiger partial charge in [-0.1, -0.05) is 25.4 Å². The number of hydrogen-bond acceptors (Lipinski definition) is 7. The Morgan fingerprint density at radius 1 is 1.25 bits per heavy atom. The molecule has 1 fully saturated rings. The lowest BCUT2D eigenvalue weighted by Gasteiger charge is -2.30. The Labute approximate surface area is 241 Å². The molecule has 1 aromatic carbocycles. The Balaban J connectivity index is 1.39. The average Bonchev–Trinajstić information content (AvgIpc) is 3.32. The first-order valence-electron chi connectivity index (χ1n) is 14.1. The zero-order valence-electron chi connectivity index (χ0n) is 24.4. The molecule has 2 aromatic rings. The quantitative estimate of drug-likeness (QED) is 0.402. The zero-order valence-corrected chi connectivity index (χ0v) is 25.2. The molecule has 1 aromatic heterocycles. The van der Waals surface area contributed by atoms with E-state index >= 15 is 0 Å². The number of pyridine rings is 1. The number of aryl methyl sites for hydroxylation is 1. The van der Waals surface area contributed by atoms with E-state index in [-0.39, 0.29) is 24.1 Å². The van der Waals surface area contributed by atoms with E-state index in [2.05, 4.69) is 29.0 Å². The minimum Gasteiger partial charge on any atom is -0.496 e. The van der Waals surface area contributed by atoms with E-state index in [1.165, 1.54) is 7.11 Å². The van der Waals surface area contributed by atoms with Crippen molar-refractivity contribution in [1.29, 1.82) is 0 Å². The molecule has 3 heterocycles. The van der Waals surface area contributed by atoms with E-state index in [1.54, 1.807) is 26.2 Å². The molecule has 0 aliphatic carbocycles. The summed E-state index contributed by atoms with van der Waals surface area (Å²) in [6.07, 6.45) is 4.20. The molecule has 1 amide bonds. The van der Waals surface area contributed by atoms with Crippen LogP contribution in [0, 0.1) is 19.8 Å². The Bertz CT molecular complexity index is 1260. The summed E-state index contributed by atoms with van der Waals surface area (Å²) in [5, 5.41) is 3.14. The number of rotatable bonds is 11. The molecule has 40 heavy (non-hydrogen) atoms. The van der Waals surface area contributed by atoms with Gasteiger partial charge in [0, 0.05) is 43.1 Å². The molecule has 9 nitrogen and oxygen atoms in total. The third-order valence-electron chi connectivity index (χ3n) is 8.18. The second kappa shape index (κ2) is 13.3. The normalized spacial score (nSPS) is 21.3. The Hall–Kier alpha value is -2.75. The van der Waals surface area contributed by atoms with E-state index in [0.717, 1.165) is 38.8 Å². The third kappa shape index (κ3) is 6.58. The number of nitrogens with zero attached hydrogens (tertiary/aromatic N) is 1. The maximum Gasteiger partial charge on any atom is 0.256 e. The molecular weight excluding hydrogens is 534 g/mol. The van der Waals surface area contributed by atoms with Gasteiger partial charge in [-0.05, 0) is 57.6 Å². The molecule has 0 spiro atoms. The van der Waals surface area contributed by atoms with Crippen LogP contribution in [-0.4, -0.2) is 68.0 Å². The van der Waals surface area contributed by atoms with Crippen molar-refractivity contribution < 1.29 is 23.7 Å². The van der Waals surface area contributed by atoms with Gasteiger partial charge >= 0.3 is 0 Å². The topological polar surface area (TPSA) is 102 Å². The highest BCUT2D eigenvalue weighted by Crippen LogP contribution is 2.43. The average molecular weight is 576 g/mol. The van der Waals surface area contributed by atoms with Gasteiger partial charge < -0.3 is 29.2 Å². The van der Waals surface area contributed by atoms with Crippen molar-refractivity contribution in [3.8, 4) is 17.2 Å². The summed E-state index contributed by atoms with van der Waals surface area (Å²) in [5.74, 6) is 1.57. The number of fused-ring (bicyclic) bond motifs is 1. The van der Waals surface area contributed by atoms with E-state index in [0.29, 0.717) is 69.3 Å². The number of carbonyl (C=O) groups is 1. The standard InChI is InChI=1S/C30H42ClN3O6/c1-7-20(34-14-17(2)26(15-34)38-6)9-8-10-21-16-39-28-24(31)12-22(19(4)27(28)40-21)29(35)32-13-23-25(37-5)11-18(3)33-30(23)36/h11-12,17,20-21,26H,7-10,13-16H2,1-6H3,(H,32,35)(H,33,36). The maximum absolute atomic E-state index is 13.2. The number of aromatic nitrogens is 1. The molecule has 4 atom stereocenters. The van der Waals surface area contributed by atoms with Crippen LogP contribution in [0.15, 0.2) is 16.9 Å². The minimum atomic E-state index is -0.366. The number of aromatic amines is 1. The van der Waals surface area contributed by atoms with Crippen molar-refractivity contribution in [1.82, 2.24) is 15.2 Å². The SMILES string of the molecule is CCC(CCCC1COc2c(Cl)cc(C(=O)NCc3c(OC)cc(C)[nH]c3=O)c(C)c2O1)N1CC(C)C(OC)C1. The molecule has 2 N–H and O–H groups in total. The van der Waals surface area contributed by atoms with Crippen LogP contribution in [0.4, 0.5) is 0 Å². The molecule has 2 aliphatic rings. The van der Waals surface area contributed by atoms with Crippen LogP contribution in [0.1, 0.15) is 66.7 Å². The van der Waals surface area contributed by atoms with Crippen molar-refractivity contribution in [3.63, 3.8) is 0 Å². The number of H-pyrrole nitrogens is 1. The predicted molar refractivity (Wildman–Crippen MR) is 155 cm³/mol. The van der Waals surface area contributed by atoms with Gasteiger partial charge in [-0.25, -0.2) is 0 Å². The van der Waals surface area contributed by atoms with Crippen molar-refractivity contribution in [2.75, 3.05) is 33.9 Å². The summed E-state index contributed by atoms with van der Waals surface area (Å²) in [5.41, 5.74) is 1.73. The summed E-state index contributed by atoms with van der Waals surface area (Å²) in [6.45, 7) is 10.6. The first-order valence-corrected chi connectivity index (χ1v) is 14.5. The second-order valence-electron chi connectivity index (χ2n) is 10.9. The highest BCUT2D eigenvalue weighted by Gasteiger charge is 2.33. The fourth-order valence-corrected chi connectivity index (χ4v) is 6.09. The fraction of sp³-hybridized carbons (Fsp3) is 0.600. The Morgan fingerprint density at radius 2 is 2.02 bits per heavy atom. The number of methoxy groups -OCH3 is 2. The summed E-state index contributed by atoms with van der Waals surface area (Å²) in [7, 11) is 3.29. The van der Waals surface area contributed by atoms with E-state index in [9.17, 15) is 9.59 Å². The minimum absolute atomic E-state index is 0.00522. The Kier molecular flexibility index (Phi) is 10.0. The lowest BCUT2D eigenvalue weighted by molar-refractivity contribution is 0.0741. The number of benzene rings is 1. The molecule has 220 valence electrons. The van der Waals surface area contributed by atoms with Crippen molar-refractivity contribution in [2.45, 2.75) is 78.2 Å². The fourth-order valence-electron chi connectivity index (χ4n) is 5.84. The van der Waals surface area contributed by atoms with Gasteiger partial charge in [-0.3, -0.25) is 14.5 Å². The smallest absolute Gasteiger partial charge is 0.256 e. The number of amides is 1. The number of ether oxygens (including phenoxy) is 4. The van der Waals surface area contributed by atoms with Crippen molar-refractivity contribution >= 4 is 17.5 Å². The van der Waals surface area contributed by atoms with Crippen LogP contribution >= 0.6 is 11.6 Å². The first kappa shape index (κ1) is 30.2. The van der Waals surface area contributed by atoms with Crippen LogP contribution in [0.25, 0.3) is 0 Å². The summed E-state index contributed by atoms with van der Waals surface area (Å²) >= 11 is 6.52. The van der Waals surface area contributed by atoms with Crippen LogP contribution in [0.3, 0.4) is 0 Å². The van der Waals surface area contributed by atoms with Gasteiger partial charge in [0.15, 0.2) is 11.5 Å². The number of likely N-dealkylation sites (tertiary alicyclic amines) is 1. The number of hydrogen-bond donors (Lipinski definition) is 2. The van der Waals surface area contributed by atoms with Crippen LogP contribution in [0.2, 0.25) is 5.02 Å². The molecular formula is C30H42ClN3O6.